The number of anilines is 1. The minimum Gasteiger partial charge on any atom is -0.381 e. The number of hydrogen-bond donors (Lipinski definition) is 2. The molecule has 7 nitrogen and oxygen atoms in total. The van der Waals surface area contributed by atoms with Crippen molar-refractivity contribution in [3.8, 4) is 0 Å². The van der Waals surface area contributed by atoms with Crippen LogP contribution in [-0.2, 0) is 14.8 Å². The van der Waals surface area contributed by atoms with Gasteiger partial charge >= 0.3 is 0 Å². The molecule has 0 saturated carbocycles. The lowest BCUT2D eigenvalue weighted by Crippen LogP contribution is -2.34. The monoisotopic (exact) mass is 334 g/mol. The van der Waals surface area contributed by atoms with Crippen LogP contribution in [0.1, 0.15) is 12.8 Å². The first-order valence-electron chi connectivity index (χ1n) is 6.61. The SMILES string of the molecule is CN(CC1CCOCC1)S(=O)(=O)c1cnc(NN)c(Cl)c1. The molecule has 0 atom stereocenters. The summed E-state index contributed by atoms with van der Waals surface area (Å²) < 4.78 is 31.6. The Hall–Kier alpha value is -0.930. The van der Waals surface area contributed by atoms with Gasteiger partial charge in [0, 0.05) is 33.0 Å². The van der Waals surface area contributed by atoms with E-state index in [2.05, 4.69) is 10.4 Å². The molecule has 0 radical (unpaired) electrons. The molecule has 1 aromatic rings. The lowest BCUT2D eigenvalue weighted by Gasteiger charge is -2.26. The van der Waals surface area contributed by atoms with Crippen LogP contribution in [0, 0.1) is 5.92 Å². The third kappa shape index (κ3) is 3.83. The lowest BCUT2D eigenvalue weighted by molar-refractivity contribution is 0.0620. The normalized spacial score (nSPS) is 17.1. The number of rotatable bonds is 5. The summed E-state index contributed by atoms with van der Waals surface area (Å²) in [5.74, 6) is 5.78. The zero-order valence-electron chi connectivity index (χ0n) is 11.8. The molecule has 21 heavy (non-hydrogen) atoms. The fraction of sp³-hybridized carbons (Fsp3) is 0.583. The number of aromatic nitrogens is 1. The number of pyridine rings is 1. The van der Waals surface area contributed by atoms with E-state index in [0.717, 1.165) is 12.8 Å². The maximum Gasteiger partial charge on any atom is 0.244 e. The molecule has 118 valence electrons. The molecular weight excluding hydrogens is 316 g/mol. The van der Waals surface area contributed by atoms with Crippen molar-refractivity contribution in [1.82, 2.24) is 9.29 Å². The molecule has 0 aromatic carbocycles. The summed E-state index contributed by atoms with van der Waals surface area (Å²) in [6, 6.07) is 1.35. The van der Waals surface area contributed by atoms with Crippen LogP contribution >= 0.6 is 11.6 Å². The Morgan fingerprint density at radius 3 is 2.76 bits per heavy atom. The van der Waals surface area contributed by atoms with Crippen LogP contribution in [0.3, 0.4) is 0 Å². The largest absolute Gasteiger partial charge is 0.381 e. The summed E-state index contributed by atoms with van der Waals surface area (Å²) in [5, 5.41) is 0.165. The van der Waals surface area contributed by atoms with Crippen molar-refractivity contribution >= 4 is 27.4 Å². The van der Waals surface area contributed by atoms with Crippen LogP contribution in [0.4, 0.5) is 5.82 Å². The van der Waals surface area contributed by atoms with E-state index in [1.54, 1.807) is 7.05 Å². The average molecular weight is 335 g/mol. The molecule has 1 aromatic heterocycles. The summed E-state index contributed by atoms with van der Waals surface area (Å²) in [5.41, 5.74) is 2.30. The number of nitrogens with zero attached hydrogens (tertiary/aromatic N) is 2. The van der Waals surface area contributed by atoms with Gasteiger partial charge in [0.2, 0.25) is 10.0 Å². The van der Waals surface area contributed by atoms with Gasteiger partial charge in [0.1, 0.15) is 4.90 Å². The van der Waals surface area contributed by atoms with Gasteiger partial charge in [0.05, 0.1) is 5.02 Å². The summed E-state index contributed by atoms with van der Waals surface area (Å²) >= 11 is 5.93. The van der Waals surface area contributed by atoms with Crippen LogP contribution in [0.25, 0.3) is 0 Å². The van der Waals surface area contributed by atoms with E-state index in [1.165, 1.54) is 16.6 Å². The van der Waals surface area contributed by atoms with Gasteiger partial charge in [0.25, 0.3) is 0 Å². The van der Waals surface area contributed by atoms with Crippen LogP contribution in [0.15, 0.2) is 17.2 Å². The first kappa shape index (κ1) is 16.4. The predicted octanol–water partition coefficient (Wildman–Crippen LogP) is 1.07. The second-order valence-electron chi connectivity index (χ2n) is 4.99. The van der Waals surface area contributed by atoms with E-state index in [4.69, 9.17) is 22.2 Å². The highest BCUT2D eigenvalue weighted by atomic mass is 35.5. The van der Waals surface area contributed by atoms with E-state index in [1.807, 2.05) is 0 Å². The van der Waals surface area contributed by atoms with Gasteiger partial charge in [-0.15, -0.1) is 0 Å². The molecule has 1 aliphatic rings. The molecule has 1 saturated heterocycles. The topological polar surface area (TPSA) is 97.5 Å². The first-order valence-corrected chi connectivity index (χ1v) is 8.43. The van der Waals surface area contributed by atoms with Gasteiger partial charge in [-0.1, -0.05) is 11.6 Å². The second-order valence-corrected chi connectivity index (χ2v) is 7.44. The highest BCUT2D eigenvalue weighted by Crippen LogP contribution is 2.25. The smallest absolute Gasteiger partial charge is 0.244 e. The van der Waals surface area contributed by atoms with Crippen molar-refractivity contribution in [3.05, 3.63) is 17.3 Å². The highest BCUT2D eigenvalue weighted by molar-refractivity contribution is 7.89. The molecule has 2 rings (SSSR count). The minimum absolute atomic E-state index is 0.0565. The van der Waals surface area contributed by atoms with Gasteiger partial charge < -0.3 is 10.2 Å². The van der Waals surface area contributed by atoms with E-state index < -0.39 is 10.0 Å². The minimum atomic E-state index is -3.61. The molecule has 3 N–H and O–H groups in total. The van der Waals surface area contributed by atoms with Crippen LogP contribution < -0.4 is 11.3 Å². The van der Waals surface area contributed by atoms with Gasteiger partial charge in [-0.3, -0.25) is 0 Å². The second kappa shape index (κ2) is 6.89. The Kier molecular flexibility index (Phi) is 5.39. The van der Waals surface area contributed by atoms with Crippen molar-refractivity contribution in [2.45, 2.75) is 17.7 Å². The third-order valence-electron chi connectivity index (χ3n) is 3.52. The van der Waals surface area contributed by atoms with Crippen molar-refractivity contribution in [2.75, 3.05) is 32.2 Å². The number of nitrogen functional groups attached to an aromatic ring is 1. The summed E-state index contributed by atoms with van der Waals surface area (Å²) in [6.45, 7) is 1.83. The van der Waals surface area contributed by atoms with Gasteiger partial charge in [-0.2, -0.15) is 0 Å². The van der Waals surface area contributed by atoms with E-state index in [-0.39, 0.29) is 15.7 Å². The molecule has 0 amide bonds. The maximum absolute atomic E-state index is 12.5. The third-order valence-corrected chi connectivity index (χ3v) is 5.59. The lowest BCUT2D eigenvalue weighted by atomic mass is 10.0. The molecule has 9 heteroatoms. The van der Waals surface area contributed by atoms with Crippen molar-refractivity contribution in [2.24, 2.45) is 11.8 Å². The Labute approximate surface area is 129 Å². The molecule has 1 fully saturated rings. The molecule has 0 spiro atoms. The Morgan fingerprint density at radius 2 is 2.19 bits per heavy atom. The average Bonchev–Trinajstić information content (AvgIpc) is 2.48. The maximum atomic E-state index is 12.5. The van der Waals surface area contributed by atoms with Crippen molar-refractivity contribution in [3.63, 3.8) is 0 Å². The predicted molar refractivity (Wildman–Crippen MR) is 80.4 cm³/mol. The van der Waals surface area contributed by atoms with Crippen LogP contribution in [0.2, 0.25) is 5.02 Å². The number of hydrazine groups is 1. The van der Waals surface area contributed by atoms with E-state index in [9.17, 15) is 8.42 Å². The molecule has 0 unspecified atom stereocenters. The molecular formula is C12H19ClN4O3S. The summed E-state index contributed by atoms with van der Waals surface area (Å²) in [6.07, 6.45) is 2.99. The standard InChI is InChI=1S/C12H19ClN4O3S/c1-17(8-9-2-4-20-5-3-9)21(18,19)10-6-11(13)12(16-14)15-7-10/h6-7,9H,2-5,8,14H2,1H3,(H,15,16). The Bertz CT molecular complexity index is 590. The van der Waals surface area contributed by atoms with Crippen LogP contribution in [0.5, 0.6) is 0 Å². The molecule has 2 heterocycles. The number of nitrogens with one attached hydrogen (secondary N) is 1. The number of ether oxygens (including phenoxy) is 1. The van der Waals surface area contributed by atoms with E-state index >= 15 is 0 Å². The number of sulfonamides is 1. The van der Waals surface area contributed by atoms with E-state index in [0.29, 0.717) is 25.7 Å². The fourth-order valence-electron chi connectivity index (χ4n) is 2.24. The summed E-state index contributed by atoms with van der Waals surface area (Å²) in [4.78, 5) is 3.95. The number of hydrogen-bond acceptors (Lipinski definition) is 6. The molecule has 0 bridgehead atoms. The van der Waals surface area contributed by atoms with Gasteiger partial charge in [-0.05, 0) is 24.8 Å². The van der Waals surface area contributed by atoms with Crippen molar-refractivity contribution in [1.29, 1.82) is 0 Å². The first-order chi connectivity index (χ1) is 9.95. The van der Waals surface area contributed by atoms with Gasteiger partial charge in [-0.25, -0.2) is 23.5 Å². The zero-order valence-corrected chi connectivity index (χ0v) is 13.3. The Balaban J connectivity index is 2.14. The molecule has 0 aliphatic carbocycles. The van der Waals surface area contributed by atoms with Gasteiger partial charge in [0.15, 0.2) is 5.82 Å². The van der Waals surface area contributed by atoms with Crippen LogP contribution in [-0.4, -0.2) is 44.5 Å². The number of nitrogens with two attached hydrogens (primary N) is 1. The fourth-order valence-corrected chi connectivity index (χ4v) is 3.74. The zero-order chi connectivity index (χ0) is 15.5. The Morgan fingerprint density at radius 1 is 1.52 bits per heavy atom. The number of halogens is 1. The quantitative estimate of drug-likeness (QED) is 0.617. The molecule has 1 aliphatic heterocycles. The highest BCUT2D eigenvalue weighted by Gasteiger charge is 2.26. The van der Waals surface area contributed by atoms with Crippen molar-refractivity contribution < 1.29 is 13.2 Å². The summed E-state index contributed by atoms with van der Waals surface area (Å²) in [7, 11) is -2.05.